The fourth-order valence-electron chi connectivity index (χ4n) is 2.16. The van der Waals surface area contributed by atoms with Gasteiger partial charge in [0.1, 0.15) is 0 Å². The van der Waals surface area contributed by atoms with Crippen LogP contribution in [0, 0.1) is 0 Å². The molecule has 0 saturated carbocycles. The number of aromatic nitrogens is 1. The molecule has 0 bridgehead atoms. The molecule has 0 aliphatic carbocycles. The Morgan fingerprint density at radius 2 is 1.88 bits per heavy atom. The lowest BCUT2D eigenvalue weighted by atomic mass is 9.99. The van der Waals surface area contributed by atoms with Gasteiger partial charge in [-0.05, 0) is 25.5 Å². The lowest BCUT2D eigenvalue weighted by Gasteiger charge is -2.14. The van der Waals surface area contributed by atoms with Gasteiger partial charge in [-0.15, -0.1) is 0 Å². The van der Waals surface area contributed by atoms with E-state index in [1.54, 1.807) is 36.4 Å². The van der Waals surface area contributed by atoms with E-state index in [0.29, 0.717) is 17.0 Å². The van der Waals surface area contributed by atoms with Crippen LogP contribution in [0.3, 0.4) is 0 Å². The molecular weight excluding hydrogens is 308 g/mol. The van der Waals surface area contributed by atoms with Gasteiger partial charge in [0.05, 0.1) is 17.6 Å². The Hall–Kier alpha value is -2.89. The quantitative estimate of drug-likeness (QED) is 0.815. The Balaban J connectivity index is 1.99. The molecule has 2 N–H and O–H groups in total. The summed E-state index contributed by atoms with van der Waals surface area (Å²) in [6, 6.07) is 12.0. The summed E-state index contributed by atoms with van der Waals surface area (Å²) in [5.74, 6) is -1.72. The molecule has 1 heterocycles. The second kappa shape index (κ2) is 8.10. The van der Waals surface area contributed by atoms with Crippen LogP contribution in [0.25, 0.3) is 0 Å². The highest BCUT2D eigenvalue weighted by Gasteiger charge is 2.20. The summed E-state index contributed by atoms with van der Waals surface area (Å²) in [6.07, 6.45) is 1.41. The number of ether oxygens (including phenoxy) is 1. The molecule has 0 aliphatic heterocycles. The Bertz CT molecular complexity index is 684. The van der Waals surface area contributed by atoms with Crippen molar-refractivity contribution in [2.75, 3.05) is 6.54 Å². The number of benzene rings is 1. The number of carboxylic acids is 1. The average molecular weight is 328 g/mol. The van der Waals surface area contributed by atoms with Crippen molar-refractivity contribution in [3.8, 4) is 5.88 Å². The van der Waals surface area contributed by atoms with Crippen molar-refractivity contribution in [2.24, 2.45) is 0 Å². The van der Waals surface area contributed by atoms with Gasteiger partial charge in [0, 0.05) is 18.8 Å². The number of hydrogen-bond acceptors (Lipinski definition) is 4. The highest BCUT2D eigenvalue weighted by molar-refractivity contribution is 5.94. The Morgan fingerprint density at radius 1 is 1.17 bits per heavy atom. The van der Waals surface area contributed by atoms with Crippen molar-refractivity contribution < 1.29 is 19.4 Å². The number of amides is 1. The summed E-state index contributed by atoms with van der Waals surface area (Å²) in [5, 5.41) is 12.0. The van der Waals surface area contributed by atoms with Crippen LogP contribution < -0.4 is 10.1 Å². The van der Waals surface area contributed by atoms with E-state index in [9.17, 15) is 14.7 Å². The molecule has 1 atom stereocenters. The first-order valence-electron chi connectivity index (χ1n) is 7.66. The van der Waals surface area contributed by atoms with Crippen LogP contribution in [0.15, 0.2) is 48.7 Å². The third kappa shape index (κ3) is 4.81. The van der Waals surface area contributed by atoms with E-state index >= 15 is 0 Å². The summed E-state index contributed by atoms with van der Waals surface area (Å²) in [7, 11) is 0. The largest absolute Gasteiger partial charge is 0.481 e. The Morgan fingerprint density at radius 3 is 2.42 bits per heavy atom. The number of carboxylic acid groups (broad SMARTS) is 1. The van der Waals surface area contributed by atoms with Crippen molar-refractivity contribution in [2.45, 2.75) is 25.9 Å². The van der Waals surface area contributed by atoms with E-state index < -0.39 is 11.9 Å². The molecule has 2 rings (SSSR count). The van der Waals surface area contributed by atoms with Crippen LogP contribution in [0.2, 0.25) is 0 Å². The van der Waals surface area contributed by atoms with Gasteiger partial charge < -0.3 is 15.2 Å². The lowest BCUT2D eigenvalue weighted by Crippen LogP contribution is -2.31. The first-order chi connectivity index (χ1) is 11.5. The van der Waals surface area contributed by atoms with Gasteiger partial charge in [-0.3, -0.25) is 9.59 Å². The highest BCUT2D eigenvalue weighted by Crippen LogP contribution is 2.15. The van der Waals surface area contributed by atoms with Crippen molar-refractivity contribution >= 4 is 11.9 Å². The average Bonchev–Trinajstić information content (AvgIpc) is 2.55. The SMILES string of the molecule is CC(C)Oc1ccc(C(=O)NCC(C(=O)O)c2ccccc2)cn1. The number of carbonyl (C=O) groups is 2. The zero-order chi connectivity index (χ0) is 17.5. The van der Waals surface area contributed by atoms with Gasteiger partial charge in [-0.1, -0.05) is 30.3 Å². The van der Waals surface area contributed by atoms with E-state index in [-0.39, 0.29) is 18.6 Å². The third-order valence-electron chi connectivity index (χ3n) is 3.32. The molecule has 0 saturated heterocycles. The molecule has 126 valence electrons. The molecule has 6 heteroatoms. The fourth-order valence-corrected chi connectivity index (χ4v) is 2.16. The number of pyridine rings is 1. The first kappa shape index (κ1) is 17.5. The van der Waals surface area contributed by atoms with E-state index in [4.69, 9.17) is 4.74 Å². The number of nitrogens with zero attached hydrogens (tertiary/aromatic N) is 1. The highest BCUT2D eigenvalue weighted by atomic mass is 16.5. The topological polar surface area (TPSA) is 88.5 Å². The molecule has 0 aliphatic rings. The summed E-state index contributed by atoms with van der Waals surface area (Å²) in [6.45, 7) is 3.78. The maximum absolute atomic E-state index is 12.2. The minimum atomic E-state index is -0.986. The van der Waals surface area contributed by atoms with Crippen LogP contribution in [0.1, 0.15) is 35.7 Å². The lowest BCUT2D eigenvalue weighted by molar-refractivity contribution is -0.138. The van der Waals surface area contributed by atoms with E-state index in [1.807, 2.05) is 19.9 Å². The molecule has 1 amide bonds. The summed E-state index contributed by atoms with van der Waals surface area (Å²) < 4.78 is 5.42. The Labute approximate surface area is 140 Å². The molecule has 0 fully saturated rings. The van der Waals surface area contributed by atoms with Gasteiger partial charge in [0.15, 0.2) is 0 Å². The minimum absolute atomic E-state index is 0.000580. The van der Waals surface area contributed by atoms with E-state index in [2.05, 4.69) is 10.3 Å². The van der Waals surface area contributed by atoms with E-state index in [0.717, 1.165) is 0 Å². The molecule has 0 radical (unpaired) electrons. The predicted molar refractivity (Wildman–Crippen MR) is 89.2 cm³/mol. The predicted octanol–water partition coefficient (Wildman–Crippen LogP) is 2.47. The van der Waals surface area contributed by atoms with Crippen molar-refractivity contribution in [3.05, 3.63) is 59.8 Å². The van der Waals surface area contributed by atoms with E-state index in [1.165, 1.54) is 6.20 Å². The zero-order valence-corrected chi connectivity index (χ0v) is 13.6. The summed E-state index contributed by atoms with van der Waals surface area (Å²) >= 11 is 0. The molecule has 1 aromatic heterocycles. The van der Waals surface area contributed by atoms with Gasteiger partial charge in [0.2, 0.25) is 5.88 Å². The van der Waals surface area contributed by atoms with Crippen LogP contribution in [0.5, 0.6) is 5.88 Å². The second-order valence-corrected chi connectivity index (χ2v) is 5.56. The summed E-state index contributed by atoms with van der Waals surface area (Å²) in [4.78, 5) is 27.6. The molecule has 1 aromatic carbocycles. The minimum Gasteiger partial charge on any atom is -0.481 e. The fraction of sp³-hybridized carbons (Fsp3) is 0.278. The zero-order valence-electron chi connectivity index (χ0n) is 13.6. The van der Waals surface area contributed by atoms with Gasteiger partial charge in [-0.2, -0.15) is 0 Å². The number of rotatable bonds is 7. The van der Waals surface area contributed by atoms with Crippen LogP contribution in [0.4, 0.5) is 0 Å². The Kier molecular flexibility index (Phi) is 5.89. The van der Waals surface area contributed by atoms with Crippen molar-refractivity contribution in [3.63, 3.8) is 0 Å². The molecule has 6 nitrogen and oxygen atoms in total. The molecule has 24 heavy (non-hydrogen) atoms. The molecule has 2 aromatic rings. The maximum atomic E-state index is 12.2. The number of nitrogens with one attached hydrogen (secondary N) is 1. The normalized spacial score (nSPS) is 11.8. The van der Waals surface area contributed by atoms with Gasteiger partial charge in [0.25, 0.3) is 5.91 Å². The second-order valence-electron chi connectivity index (χ2n) is 5.56. The summed E-state index contributed by atoms with van der Waals surface area (Å²) in [5.41, 5.74) is 0.993. The third-order valence-corrected chi connectivity index (χ3v) is 3.32. The smallest absolute Gasteiger partial charge is 0.312 e. The van der Waals surface area contributed by atoms with Crippen LogP contribution in [-0.2, 0) is 4.79 Å². The van der Waals surface area contributed by atoms with Crippen molar-refractivity contribution in [1.29, 1.82) is 0 Å². The standard InChI is InChI=1S/C18H20N2O4/c1-12(2)24-16-9-8-14(10-19-16)17(21)20-11-15(18(22)23)13-6-4-3-5-7-13/h3-10,12,15H,11H2,1-2H3,(H,20,21)(H,22,23). The maximum Gasteiger partial charge on any atom is 0.312 e. The monoisotopic (exact) mass is 328 g/mol. The molecule has 1 unspecified atom stereocenters. The number of aliphatic carboxylic acids is 1. The number of carbonyl (C=O) groups excluding carboxylic acids is 1. The van der Waals surface area contributed by atoms with Crippen molar-refractivity contribution in [1.82, 2.24) is 10.3 Å². The van der Waals surface area contributed by atoms with Crippen LogP contribution >= 0.6 is 0 Å². The van der Waals surface area contributed by atoms with Gasteiger partial charge in [-0.25, -0.2) is 4.98 Å². The van der Waals surface area contributed by atoms with Gasteiger partial charge >= 0.3 is 5.97 Å². The van der Waals surface area contributed by atoms with Crippen LogP contribution in [-0.4, -0.2) is 34.6 Å². The first-order valence-corrected chi connectivity index (χ1v) is 7.66. The number of hydrogen-bond donors (Lipinski definition) is 2. The molecular formula is C18H20N2O4. The molecule has 0 spiro atoms.